The van der Waals surface area contributed by atoms with Gasteiger partial charge in [0.1, 0.15) is 5.75 Å². The number of hydrogen-bond donors (Lipinski definition) is 1. The molecular formula is C25H31N3O2. The first-order chi connectivity index (χ1) is 14.3. The predicted octanol–water partition coefficient (Wildman–Crippen LogP) is 5.06. The van der Waals surface area contributed by atoms with Crippen LogP contribution < -0.4 is 10.1 Å². The molecule has 5 nitrogen and oxygen atoms in total. The minimum Gasteiger partial charge on any atom is -0.497 e. The number of rotatable bonds is 7. The van der Waals surface area contributed by atoms with E-state index < -0.39 is 0 Å². The summed E-state index contributed by atoms with van der Waals surface area (Å²) in [6.07, 6.45) is 2.05. The molecule has 2 amide bonds. The summed E-state index contributed by atoms with van der Waals surface area (Å²) in [6, 6.07) is 22.2. The lowest BCUT2D eigenvalue weighted by molar-refractivity contribution is 0.181. The van der Waals surface area contributed by atoms with Gasteiger partial charge in [0.05, 0.1) is 13.7 Å². The van der Waals surface area contributed by atoms with Gasteiger partial charge < -0.3 is 19.5 Å². The second kappa shape index (κ2) is 9.53. The number of aromatic nitrogens is 1. The highest BCUT2D eigenvalue weighted by molar-refractivity contribution is 5.75. The first kappa shape index (κ1) is 21.5. The molecule has 0 aliphatic rings. The van der Waals surface area contributed by atoms with Crippen LogP contribution in [0.3, 0.4) is 0 Å². The summed E-state index contributed by atoms with van der Waals surface area (Å²) in [6.45, 7) is 7.78. The Bertz CT molecular complexity index is 958. The first-order valence-electron chi connectivity index (χ1n) is 10.2. The molecule has 1 aromatic heterocycles. The van der Waals surface area contributed by atoms with Gasteiger partial charge in [0.2, 0.25) is 0 Å². The molecule has 3 aromatic rings. The SMILES string of the molecule is COc1cccc(Cn2cccc2CN(Cc2ccccc2)C(=O)NC(C)(C)C)c1. The molecule has 0 aliphatic heterocycles. The van der Waals surface area contributed by atoms with Gasteiger partial charge in [0.25, 0.3) is 0 Å². The Morgan fingerprint density at radius 1 is 0.967 bits per heavy atom. The zero-order chi connectivity index (χ0) is 21.6. The van der Waals surface area contributed by atoms with Gasteiger partial charge in [-0.15, -0.1) is 0 Å². The molecule has 0 unspecified atom stereocenters. The highest BCUT2D eigenvalue weighted by atomic mass is 16.5. The average molecular weight is 406 g/mol. The first-order valence-corrected chi connectivity index (χ1v) is 10.2. The Hall–Kier alpha value is -3.21. The minimum atomic E-state index is -0.297. The summed E-state index contributed by atoms with van der Waals surface area (Å²) in [4.78, 5) is 14.9. The van der Waals surface area contributed by atoms with E-state index in [2.05, 4.69) is 28.2 Å². The zero-order valence-electron chi connectivity index (χ0n) is 18.3. The van der Waals surface area contributed by atoms with Crippen molar-refractivity contribution >= 4 is 6.03 Å². The number of carbonyl (C=O) groups is 1. The average Bonchev–Trinajstić information content (AvgIpc) is 3.13. The maximum atomic E-state index is 13.0. The minimum absolute atomic E-state index is 0.0690. The van der Waals surface area contributed by atoms with Crippen molar-refractivity contribution in [2.24, 2.45) is 0 Å². The van der Waals surface area contributed by atoms with E-state index in [1.54, 1.807) is 7.11 Å². The molecule has 0 saturated heterocycles. The Morgan fingerprint density at radius 2 is 1.70 bits per heavy atom. The highest BCUT2D eigenvalue weighted by Gasteiger charge is 2.21. The zero-order valence-corrected chi connectivity index (χ0v) is 18.3. The lowest BCUT2D eigenvalue weighted by Crippen LogP contribution is -2.48. The van der Waals surface area contributed by atoms with Crippen LogP contribution in [0.5, 0.6) is 5.75 Å². The molecule has 3 rings (SSSR count). The molecule has 0 spiro atoms. The number of carbonyl (C=O) groups excluding carboxylic acids is 1. The molecular weight excluding hydrogens is 374 g/mol. The third kappa shape index (κ3) is 6.14. The smallest absolute Gasteiger partial charge is 0.318 e. The molecule has 5 heteroatoms. The van der Waals surface area contributed by atoms with Crippen molar-refractivity contribution in [1.82, 2.24) is 14.8 Å². The van der Waals surface area contributed by atoms with E-state index >= 15 is 0 Å². The maximum Gasteiger partial charge on any atom is 0.318 e. The van der Waals surface area contributed by atoms with Crippen LogP contribution in [0.4, 0.5) is 4.79 Å². The number of nitrogens with zero attached hydrogens (tertiary/aromatic N) is 2. The number of methoxy groups -OCH3 is 1. The molecule has 0 fully saturated rings. The quantitative estimate of drug-likeness (QED) is 0.597. The second-order valence-corrected chi connectivity index (χ2v) is 8.50. The maximum absolute atomic E-state index is 13.0. The van der Waals surface area contributed by atoms with Crippen LogP contribution in [-0.4, -0.2) is 28.1 Å². The van der Waals surface area contributed by atoms with E-state index in [9.17, 15) is 4.79 Å². The van der Waals surface area contributed by atoms with Gasteiger partial charge in [-0.3, -0.25) is 0 Å². The molecule has 0 atom stereocenters. The van der Waals surface area contributed by atoms with Crippen LogP contribution in [0.1, 0.15) is 37.6 Å². The summed E-state index contributed by atoms with van der Waals surface area (Å²) in [7, 11) is 1.68. The monoisotopic (exact) mass is 405 g/mol. The molecule has 0 radical (unpaired) electrons. The van der Waals surface area contributed by atoms with Crippen molar-refractivity contribution in [2.45, 2.75) is 45.9 Å². The molecule has 158 valence electrons. The van der Waals surface area contributed by atoms with Crippen LogP contribution >= 0.6 is 0 Å². The summed E-state index contributed by atoms with van der Waals surface area (Å²) >= 11 is 0. The van der Waals surface area contributed by atoms with Gasteiger partial charge in [-0.25, -0.2) is 4.79 Å². The van der Waals surface area contributed by atoms with Gasteiger partial charge in [0.15, 0.2) is 0 Å². The number of hydrogen-bond acceptors (Lipinski definition) is 2. The number of amides is 2. The van der Waals surface area contributed by atoms with Gasteiger partial charge in [-0.05, 0) is 56.2 Å². The molecule has 0 aliphatic carbocycles. The van der Waals surface area contributed by atoms with Gasteiger partial charge in [-0.2, -0.15) is 0 Å². The highest BCUT2D eigenvalue weighted by Crippen LogP contribution is 2.17. The lowest BCUT2D eigenvalue weighted by Gasteiger charge is -2.29. The van der Waals surface area contributed by atoms with Crippen molar-refractivity contribution in [3.05, 3.63) is 89.7 Å². The Morgan fingerprint density at radius 3 is 2.40 bits per heavy atom. The van der Waals surface area contributed by atoms with Crippen molar-refractivity contribution in [3.63, 3.8) is 0 Å². The third-order valence-corrected chi connectivity index (χ3v) is 4.75. The largest absolute Gasteiger partial charge is 0.497 e. The number of nitrogens with one attached hydrogen (secondary N) is 1. The van der Waals surface area contributed by atoms with E-state index in [-0.39, 0.29) is 11.6 Å². The topological polar surface area (TPSA) is 46.5 Å². The molecule has 0 bridgehead atoms. The summed E-state index contributed by atoms with van der Waals surface area (Å²) in [5.41, 5.74) is 3.04. The van der Waals surface area contributed by atoms with E-state index in [0.717, 1.165) is 29.1 Å². The Balaban J connectivity index is 1.80. The summed E-state index contributed by atoms with van der Waals surface area (Å²) in [5, 5.41) is 3.10. The van der Waals surface area contributed by atoms with Crippen LogP contribution in [0.25, 0.3) is 0 Å². The number of urea groups is 1. The summed E-state index contributed by atoms with van der Waals surface area (Å²) in [5.74, 6) is 0.844. The lowest BCUT2D eigenvalue weighted by atomic mass is 10.1. The van der Waals surface area contributed by atoms with Crippen LogP contribution in [0.2, 0.25) is 0 Å². The standard InChI is InChI=1S/C25H31N3O2/c1-25(2,3)26-24(29)28(17-20-10-6-5-7-11-20)19-22-13-9-15-27(22)18-21-12-8-14-23(16-21)30-4/h5-16H,17-19H2,1-4H3,(H,26,29). The Kier molecular flexibility index (Phi) is 6.83. The fraction of sp³-hybridized carbons (Fsp3) is 0.320. The molecule has 2 aromatic carbocycles. The van der Waals surface area contributed by atoms with E-state index in [1.807, 2.05) is 80.3 Å². The van der Waals surface area contributed by atoms with E-state index in [0.29, 0.717) is 13.1 Å². The number of benzene rings is 2. The van der Waals surface area contributed by atoms with Crippen molar-refractivity contribution in [2.75, 3.05) is 7.11 Å². The fourth-order valence-electron chi connectivity index (χ4n) is 3.31. The van der Waals surface area contributed by atoms with Crippen molar-refractivity contribution in [3.8, 4) is 5.75 Å². The normalized spacial score (nSPS) is 11.2. The molecule has 1 N–H and O–H groups in total. The molecule has 1 heterocycles. The van der Waals surface area contributed by atoms with Crippen molar-refractivity contribution < 1.29 is 9.53 Å². The summed E-state index contributed by atoms with van der Waals surface area (Å²) < 4.78 is 7.52. The van der Waals surface area contributed by atoms with Gasteiger partial charge >= 0.3 is 6.03 Å². The van der Waals surface area contributed by atoms with Crippen LogP contribution in [-0.2, 0) is 19.6 Å². The van der Waals surface area contributed by atoms with Gasteiger partial charge in [-0.1, -0.05) is 42.5 Å². The number of ether oxygens (including phenoxy) is 1. The van der Waals surface area contributed by atoms with Crippen LogP contribution in [0, 0.1) is 0 Å². The Labute approximate surface area is 179 Å². The molecule has 0 saturated carbocycles. The second-order valence-electron chi connectivity index (χ2n) is 8.50. The van der Waals surface area contributed by atoms with E-state index in [1.165, 1.54) is 0 Å². The predicted molar refractivity (Wildman–Crippen MR) is 121 cm³/mol. The molecule has 30 heavy (non-hydrogen) atoms. The van der Waals surface area contributed by atoms with Gasteiger partial charge in [0, 0.05) is 30.5 Å². The fourth-order valence-corrected chi connectivity index (χ4v) is 3.31. The van der Waals surface area contributed by atoms with Crippen molar-refractivity contribution in [1.29, 1.82) is 0 Å². The van der Waals surface area contributed by atoms with E-state index in [4.69, 9.17) is 4.74 Å². The third-order valence-electron chi connectivity index (χ3n) is 4.75. The van der Waals surface area contributed by atoms with Crippen LogP contribution in [0.15, 0.2) is 72.9 Å².